The minimum absolute atomic E-state index is 0.0504. The van der Waals surface area contributed by atoms with E-state index in [1.54, 1.807) is 24.3 Å². The molecule has 1 saturated heterocycles. The van der Waals surface area contributed by atoms with Gasteiger partial charge in [0.05, 0.1) is 18.3 Å². The Bertz CT molecular complexity index is 398. The molecule has 0 aromatic heterocycles. The molecule has 0 bridgehead atoms. The molecule has 2 N–H and O–H groups in total. The molecule has 1 aliphatic rings. The molecule has 104 valence electrons. The van der Waals surface area contributed by atoms with Gasteiger partial charge in [-0.15, -0.1) is 0 Å². The summed E-state index contributed by atoms with van der Waals surface area (Å²) < 4.78 is 10.6. The van der Waals surface area contributed by atoms with Gasteiger partial charge in [-0.3, -0.25) is 0 Å². The number of ether oxygens (including phenoxy) is 2. The van der Waals surface area contributed by atoms with Crippen molar-refractivity contribution in [2.45, 2.75) is 18.9 Å². The van der Waals surface area contributed by atoms with Gasteiger partial charge in [0, 0.05) is 18.8 Å². The zero-order valence-corrected chi connectivity index (χ0v) is 10.8. The predicted octanol–water partition coefficient (Wildman–Crippen LogP) is 1.43. The number of benzene rings is 1. The molecule has 1 aromatic rings. The molecule has 1 heterocycles. The summed E-state index contributed by atoms with van der Waals surface area (Å²) in [5.41, 5.74) is 1.39. The fourth-order valence-electron chi connectivity index (χ4n) is 1.95. The lowest BCUT2D eigenvalue weighted by molar-refractivity contribution is 0.0161. The first-order valence-corrected chi connectivity index (χ1v) is 6.53. The normalized spacial score (nSPS) is 18.3. The Balaban J connectivity index is 1.81. The van der Waals surface area contributed by atoms with Gasteiger partial charge in [-0.05, 0) is 37.1 Å². The van der Waals surface area contributed by atoms with E-state index in [0.717, 1.165) is 25.1 Å². The van der Waals surface area contributed by atoms with Crippen molar-refractivity contribution in [2.75, 3.05) is 31.7 Å². The van der Waals surface area contributed by atoms with Crippen LogP contribution in [-0.2, 0) is 9.47 Å². The largest absolute Gasteiger partial charge is 0.459 e. The van der Waals surface area contributed by atoms with Crippen molar-refractivity contribution in [3.05, 3.63) is 29.8 Å². The van der Waals surface area contributed by atoms with Crippen LogP contribution in [0.3, 0.4) is 0 Å². The Morgan fingerprint density at radius 3 is 2.84 bits per heavy atom. The van der Waals surface area contributed by atoms with Gasteiger partial charge < -0.3 is 19.9 Å². The highest BCUT2D eigenvalue weighted by Gasteiger charge is 2.17. The number of nitrogens with one attached hydrogen (secondary N) is 1. The Labute approximate surface area is 112 Å². The Morgan fingerprint density at radius 1 is 1.42 bits per heavy atom. The second-order valence-corrected chi connectivity index (χ2v) is 4.46. The van der Waals surface area contributed by atoms with Crippen molar-refractivity contribution in [1.29, 1.82) is 0 Å². The summed E-state index contributed by atoms with van der Waals surface area (Å²) in [6.45, 7) is 1.64. The number of carbonyl (C=O) groups is 1. The number of anilines is 1. The van der Waals surface area contributed by atoms with E-state index in [1.807, 2.05) is 0 Å². The summed E-state index contributed by atoms with van der Waals surface area (Å²) in [4.78, 5) is 11.8. The van der Waals surface area contributed by atoms with Crippen LogP contribution in [0.15, 0.2) is 24.3 Å². The van der Waals surface area contributed by atoms with Crippen LogP contribution in [0.4, 0.5) is 5.69 Å². The second kappa shape index (κ2) is 7.11. The molecular weight excluding hydrogens is 246 g/mol. The quantitative estimate of drug-likeness (QED) is 0.762. The maximum atomic E-state index is 11.8. The van der Waals surface area contributed by atoms with E-state index in [1.165, 1.54) is 0 Å². The van der Waals surface area contributed by atoms with E-state index in [0.29, 0.717) is 18.7 Å². The molecule has 0 saturated carbocycles. The Morgan fingerprint density at radius 2 is 2.21 bits per heavy atom. The molecule has 1 unspecified atom stereocenters. The summed E-state index contributed by atoms with van der Waals surface area (Å²) in [5.74, 6) is -0.329. The maximum absolute atomic E-state index is 11.8. The molecule has 0 amide bonds. The first-order valence-electron chi connectivity index (χ1n) is 6.53. The van der Waals surface area contributed by atoms with Crippen molar-refractivity contribution in [3.8, 4) is 0 Å². The molecule has 1 aromatic carbocycles. The third kappa shape index (κ3) is 4.22. The number of carbonyl (C=O) groups excluding carboxylic acids is 1. The van der Waals surface area contributed by atoms with Crippen LogP contribution >= 0.6 is 0 Å². The molecule has 5 heteroatoms. The molecule has 0 aliphatic carbocycles. The third-order valence-electron chi connectivity index (χ3n) is 2.99. The number of aliphatic hydroxyl groups is 1. The minimum atomic E-state index is -0.329. The van der Waals surface area contributed by atoms with Gasteiger partial charge in [0.2, 0.25) is 0 Å². The van der Waals surface area contributed by atoms with Crippen LogP contribution in [0.1, 0.15) is 23.2 Å². The molecule has 5 nitrogen and oxygen atoms in total. The van der Waals surface area contributed by atoms with Gasteiger partial charge in [-0.2, -0.15) is 0 Å². The maximum Gasteiger partial charge on any atom is 0.338 e. The van der Waals surface area contributed by atoms with Gasteiger partial charge in [-0.1, -0.05) is 0 Å². The van der Waals surface area contributed by atoms with Crippen molar-refractivity contribution >= 4 is 11.7 Å². The summed E-state index contributed by atoms with van der Waals surface area (Å²) in [7, 11) is 0. The van der Waals surface area contributed by atoms with E-state index in [9.17, 15) is 4.79 Å². The molecule has 2 rings (SSSR count). The van der Waals surface area contributed by atoms with Gasteiger partial charge in [0.15, 0.2) is 0 Å². The third-order valence-corrected chi connectivity index (χ3v) is 2.99. The first kappa shape index (κ1) is 13.8. The highest BCUT2D eigenvalue weighted by atomic mass is 16.6. The van der Waals surface area contributed by atoms with E-state index in [-0.39, 0.29) is 18.7 Å². The fraction of sp³-hybridized carbons (Fsp3) is 0.500. The van der Waals surface area contributed by atoms with Crippen LogP contribution in [-0.4, -0.2) is 43.5 Å². The van der Waals surface area contributed by atoms with Gasteiger partial charge in [0.25, 0.3) is 0 Å². The van der Waals surface area contributed by atoms with Gasteiger partial charge in [0.1, 0.15) is 6.61 Å². The molecular formula is C14H19NO4. The molecule has 0 spiro atoms. The topological polar surface area (TPSA) is 67.8 Å². The number of hydrogen-bond acceptors (Lipinski definition) is 5. The molecule has 1 aliphatic heterocycles. The van der Waals surface area contributed by atoms with E-state index >= 15 is 0 Å². The molecule has 1 fully saturated rings. The lowest BCUT2D eigenvalue weighted by atomic mass is 10.2. The standard InChI is InChI=1S/C14H19NO4/c16-8-7-15-12-5-3-11(4-6-12)14(17)19-10-13-2-1-9-18-13/h3-6,13,15-16H,1-2,7-10H2. The van der Waals surface area contributed by atoms with E-state index in [4.69, 9.17) is 14.6 Å². The minimum Gasteiger partial charge on any atom is -0.459 e. The zero-order chi connectivity index (χ0) is 13.5. The summed E-state index contributed by atoms with van der Waals surface area (Å²) >= 11 is 0. The summed E-state index contributed by atoms with van der Waals surface area (Å²) in [6.07, 6.45) is 2.04. The van der Waals surface area contributed by atoms with Crippen LogP contribution in [0.5, 0.6) is 0 Å². The number of aliphatic hydroxyl groups excluding tert-OH is 1. The van der Waals surface area contributed by atoms with Crippen LogP contribution < -0.4 is 5.32 Å². The summed E-state index contributed by atoms with van der Waals surface area (Å²) in [5, 5.41) is 11.7. The predicted molar refractivity (Wildman–Crippen MR) is 71.3 cm³/mol. The highest BCUT2D eigenvalue weighted by molar-refractivity contribution is 5.89. The van der Waals surface area contributed by atoms with E-state index < -0.39 is 0 Å². The van der Waals surface area contributed by atoms with Crippen LogP contribution in [0.25, 0.3) is 0 Å². The van der Waals surface area contributed by atoms with Crippen molar-refractivity contribution in [3.63, 3.8) is 0 Å². The fourth-order valence-corrected chi connectivity index (χ4v) is 1.95. The smallest absolute Gasteiger partial charge is 0.338 e. The van der Waals surface area contributed by atoms with Gasteiger partial charge in [-0.25, -0.2) is 4.79 Å². The highest BCUT2D eigenvalue weighted by Crippen LogP contribution is 2.14. The monoisotopic (exact) mass is 265 g/mol. The second-order valence-electron chi connectivity index (χ2n) is 4.46. The first-order chi connectivity index (χ1) is 9.29. The average Bonchev–Trinajstić information content (AvgIpc) is 2.96. The number of hydrogen-bond donors (Lipinski definition) is 2. The van der Waals surface area contributed by atoms with E-state index in [2.05, 4.69) is 5.32 Å². The van der Waals surface area contributed by atoms with Crippen molar-refractivity contribution < 1.29 is 19.4 Å². The summed E-state index contributed by atoms with van der Waals surface area (Å²) in [6, 6.07) is 6.99. The number of rotatable bonds is 6. The Hall–Kier alpha value is -1.59. The molecule has 1 atom stereocenters. The Kier molecular flexibility index (Phi) is 5.18. The zero-order valence-electron chi connectivity index (χ0n) is 10.8. The SMILES string of the molecule is O=C(OCC1CCCO1)c1ccc(NCCO)cc1. The average molecular weight is 265 g/mol. The van der Waals surface area contributed by atoms with Crippen molar-refractivity contribution in [1.82, 2.24) is 0 Å². The lowest BCUT2D eigenvalue weighted by Crippen LogP contribution is -2.17. The van der Waals surface area contributed by atoms with Crippen LogP contribution in [0.2, 0.25) is 0 Å². The van der Waals surface area contributed by atoms with Crippen LogP contribution in [0, 0.1) is 0 Å². The lowest BCUT2D eigenvalue weighted by Gasteiger charge is -2.10. The number of esters is 1. The van der Waals surface area contributed by atoms with Crippen molar-refractivity contribution in [2.24, 2.45) is 0 Å². The molecule has 19 heavy (non-hydrogen) atoms. The van der Waals surface area contributed by atoms with Gasteiger partial charge >= 0.3 is 5.97 Å². The molecule has 0 radical (unpaired) electrons.